The monoisotopic (exact) mass is 520 g/mol. The zero-order chi connectivity index (χ0) is 25.2. The standard InChI is InChI=1S/C27H29ClN6OS/c1-4-33-10-12-34(13-11-33)25-16-24(29-18(3)30-25)31-20-8-9-22-19(14-20)15-23(36-22)27(35)32-26-17(2)6-5-7-21(26)28/h5-9,14-16H,4,10-13H2,1-3H3,(H,32,35)(H,29,30,31). The van der Waals surface area contributed by atoms with Crippen molar-refractivity contribution in [1.29, 1.82) is 0 Å². The molecule has 1 amide bonds. The molecule has 186 valence electrons. The molecule has 3 heterocycles. The number of nitrogens with one attached hydrogen (secondary N) is 2. The van der Waals surface area contributed by atoms with Crippen LogP contribution in [-0.2, 0) is 0 Å². The Morgan fingerprint density at radius 1 is 1.06 bits per heavy atom. The number of nitrogens with zero attached hydrogens (tertiary/aromatic N) is 4. The van der Waals surface area contributed by atoms with Gasteiger partial charge in [-0.15, -0.1) is 11.3 Å². The minimum atomic E-state index is -0.166. The summed E-state index contributed by atoms with van der Waals surface area (Å²) >= 11 is 7.75. The second kappa shape index (κ2) is 10.4. The van der Waals surface area contributed by atoms with Gasteiger partial charge in [0.25, 0.3) is 5.91 Å². The van der Waals surface area contributed by atoms with Crippen molar-refractivity contribution in [2.45, 2.75) is 20.8 Å². The van der Waals surface area contributed by atoms with Gasteiger partial charge in [-0.3, -0.25) is 4.79 Å². The van der Waals surface area contributed by atoms with E-state index in [-0.39, 0.29) is 5.91 Å². The number of anilines is 4. The maximum absolute atomic E-state index is 12.9. The van der Waals surface area contributed by atoms with E-state index in [1.165, 1.54) is 11.3 Å². The van der Waals surface area contributed by atoms with Crippen LogP contribution in [-0.4, -0.2) is 53.5 Å². The summed E-state index contributed by atoms with van der Waals surface area (Å²) in [6, 6.07) is 15.6. The molecule has 36 heavy (non-hydrogen) atoms. The first-order valence-electron chi connectivity index (χ1n) is 12.1. The van der Waals surface area contributed by atoms with Crippen molar-refractivity contribution in [2.75, 3.05) is 48.3 Å². The molecule has 1 saturated heterocycles. The number of carbonyl (C=O) groups excluding carboxylic acids is 1. The fourth-order valence-electron chi connectivity index (χ4n) is 4.42. The largest absolute Gasteiger partial charge is 0.354 e. The number of halogens is 1. The predicted molar refractivity (Wildman–Crippen MR) is 150 cm³/mol. The minimum absolute atomic E-state index is 0.166. The zero-order valence-electron chi connectivity index (χ0n) is 20.6. The lowest BCUT2D eigenvalue weighted by atomic mass is 10.2. The Bertz CT molecular complexity index is 1390. The average Bonchev–Trinajstić information content (AvgIpc) is 3.30. The number of aryl methyl sites for hydroxylation is 2. The van der Waals surface area contributed by atoms with Crippen molar-refractivity contribution in [3.63, 3.8) is 0 Å². The van der Waals surface area contributed by atoms with E-state index < -0.39 is 0 Å². The highest BCUT2D eigenvalue weighted by molar-refractivity contribution is 7.20. The molecule has 2 aromatic carbocycles. The van der Waals surface area contributed by atoms with Crippen LogP contribution in [0, 0.1) is 13.8 Å². The highest BCUT2D eigenvalue weighted by Crippen LogP contribution is 2.32. The van der Waals surface area contributed by atoms with Gasteiger partial charge in [-0.2, -0.15) is 0 Å². The summed E-state index contributed by atoms with van der Waals surface area (Å²) in [4.78, 5) is 27.6. The van der Waals surface area contributed by atoms with Gasteiger partial charge in [0, 0.05) is 42.6 Å². The fourth-order valence-corrected chi connectivity index (χ4v) is 5.62. The van der Waals surface area contributed by atoms with Crippen LogP contribution in [0.25, 0.3) is 10.1 Å². The maximum atomic E-state index is 12.9. The Hall–Kier alpha value is -3.20. The second-order valence-electron chi connectivity index (χ2n) is 8.95. The van der Waals surface area contributed by atoms with Crippen molar-refractivity contribution in [1.82, 2.24) is 14.9 Å². The molecule has 1 aliphatic heterocycles. The lowest BCUT2D eigenvalue weighted by Gasteiger charge is -2.34. The lowest BCUT2D eigenvalue weighted by molar-refractivity contribution is 0.103. The molecular formula is C27H29ClN6OS. The van der Waals surface area contributed by atoms with Gasteiger partial charge in [-0.1, -0.05) is 30.7 Å². The summed E-state index contributed by atoms with van der Waals surface area (Å²) in [6.07, 6.45) is 0. The number of piperazine rings is 1. The highest BCUT2D eigenvalue weighted by Gasteiger charge is 2.18. The van der Waals surface area contributed by atoms with Gasteiger partial charge < -0.3 is 20.4 Å². The predicted octanol–water partition coefficient (Wildman–Crippen LogP) is 6.10. The van der Waals surface area contributed by atoms with E-state index in [2.05, 4.69) is 37.3 Å². The lowest BCUT2D eigenvalue weighted by Crippen LogP contribution is -2.46. The summed E-state index contributed by atoms with van der Waals surface area (Å²) in [7, 11) is 0. The molecule has 7 nitrogen and oxygen atoms in total. The number of aromatic nitrogens is 2. The molecule has 0 unspecified atom stereocenters. The third kappa shape index (κ3) is 5.31. The Balaban J connectivity index is 1.33. The Morgan fingerprint density at radius 3 is 2.61 bits per heavy atom. The van der Waals surface area contributed by atoms with Crippen LogP contribution in [0.4, 0.5) is 23.0 Å². The number of rotatable bonds is 6. The SMILES string of the molecule is CCN1CCN(c2cc(Nc3ccc4sc(C(=O)Nc5c(C)cccc5Cl)cc4c3)nc(C)n2)CC1. The Labute approximate surface area is 220 Å². The molecule has 0 bridgehead atoms. The molecule has 9 heteroatoms. The molecule has 0 atom stereocenters. The molecule has 0 spiro atoms. The second-order valence-corrected chi connectivity index (χ2v) is 10.4. The average molecular weight is 521 g/mol. The van der Waals surface area contributed by atoms with Crippen molar-refractivity contribution in [3.05, 3.63) is 69.8 Å². The minimum Gasteiger partial charge on any atom is -0.354 e. The van der Waals surface area contributed by atoms with Gasteiger partial charge in [0.05, 0.1) is 15.6 Å². The first-order valence-corrected chi connectivity index (χ1v) is 13.3. The van der Waals surface area contributed by atoms with Crippen LogP contribution in [0.15, 0.2) is 48.5 Å². The summed E-state index contributed by atoms with van der Waals surface area (Å²) < 4.78 is 1.04. The van der Waals surface area contributed by atoms with E-state index in [1.807, 2.05) is 56.3 Å². The first kappa shape index (κ1) is 24.5. The van der Waals surface area contributed by atoms with Crippen molar-refractivity contribution in [2.24, 2.45) is 0 Å². The number of thiophene rings is 1. The summed E-state index contributed by atoms with van der Waals surface area (Å²) in [5.41, 5.74) is 2.49. The van der Waals surface area contributed by atoms with Gasteiger partial charge >= 0.3 is 0 Å². The van der Waals surface area contributed by atoms with E-state index in [1.54, 1.807) is 6.07 Å². The topological polar surface area (TPSA) is 73.4 Å². The van der Waals surface area contributed by atoms with Crippen LogP contribution in [0.3, 0.4) is 0 Å². The van der Waals surface area contributed by atoms with E-state index in [0.717, 1.165) is 71.5 Å². The van der Waals surface area contributed by atoms with Gasteiger partial charge in [0.2, 0.25) is 0 Å². The normalized spacial score (nSPS) is 14.3. The number of carbonyl (C=O) groups is 1. The number of benzene rings is 2. The number of hydrogen-bond acceptors (Lipinski definition) is 7. The third-order valence-corrected chi connectivity index (χ3v) is 7.87. The van der Waals surface area contributed by atoms with Crippen LogP contribution >= 0.6 is 22.9 Å². The van der Waals surface area contributed by atoms with Gasteiger partial charge in [0.1, 0.15) is 17.5 Å². The molecule has 5 rings (SSSR count). The number of fused-ring (bicyclic) bond motifs is 1. The molecule has 2 aromatic heterocycles. The van der Waals surface area contributed by atoms with Crippen LogP contribution in [0.5, 0.6) is 0 Å². The number of likely N-dealkylation sites (N-methyl/N-ethyl adjacent to an activating group) is 1. The summed E-state index contributed by atoms with van der Waals surface area (Å²) in [5.74, 6) is 2.28. The van der Waals surface area contributed by atoms with Crippen molar-refractivity contribution >= 4 is 61.9 Å². The van der Waals surface area contributed by atoms with E-state index >= 15 is 0 Å². The smallest absolute Gasteiger partial charge is 0.265 e. The van der Waals surface area contributed by atoms with Gasteiger partial charge in [-0.25, -0.2) is 9.97 Å². The molecule has 0 saturated carbocycles. The zero-order valence-corrected chi connectivity index (χ0v) is 22.2. The van der Waals surface area contributed by atoms with E-state index in [0.29, 0.717) is 15.6 Å². The quantitative estimate of drug-likeness (QED) is 0.320. The molecule has 0 radical (unpaired) electrons. The fraction of sp³-hybridized carbons (Fsp3) is 0.296. The molecule has 1 fully saturated rings. The Morgan fingerprint density at radius 2 is 1.86 bits per heavy atom. The first-order chi connectivity index (χ1) is 17.4. The molecule has 1 aliphatic rings. The van der Waals surface area contributed by atoms with Gasteiger partial charge in [0.15, 0.2) is 0 Å². The molecule has 2 N–H and O–H groups in total. The van der Waals surface area contributed by atoms with Crippen molar-refractivity contribution < 1.29 is 4.79 Å². The van der Waals surface area contributed by atoms with E-state index in [9.17, 15) is 4.79 Å². The maximum Gasteiger partial charge on any atom is 0.265 e. The summed E-state index contributed by atoms with van der Waals surface area (Å²) in [5, 5.41) is 7.91. The van der Waals surface area contributed by atoms with Crippen LogP contribution in [0.1, 0.15) is 28.0 Å². The molecule has 0 aliphatic carbocycles. The van der Waals surface area contributed by atoms with Gasteiger partial charge in [-0.05, 0) is 61.7 Å². The number of para-hydroxylation sites is 1. The number of hydrogen-bond donors (Lipinski definition) is 2. The Kier molecular flexibility index (Phi) is 7.09. The van der Waals surface area contributed by atoms with Crippen molar-refractivity contribution in [3.8, 4) is 0 Å². The third-order valence-electron chi connectivity index (χ3n) is 6.44. The molecule has 4 aromatic rings. The van der Waals surface area contributed by atoms with Crippen LogP contribution in [0.2, 0.25) is 5.02 Å². The molecular weight excluding hydrogens is 492 g/mol. The van der Waals surface area contributed by atoms with E-state index in [4.69, 9.17) is 11.6 Å². The van der Waals surface area contributed by atoms with Crippen LogP contribution < -0.4 is 15.5 Å². The highest BCUT2D eigenvalue weighted by atomic mass is 35.5. The summed E-state index contributed by atoms with van der Waals surface area (Å²) in [6.45, 7) is 11.1. The number of amides is 1.